The summed E-state index contributed by atoms with van der Waals surface area (Å²) < 4.78 is 10.7. The molecule has 14 heavy (non-hydrogen) atoms. The van der Waals surface area contributed by atoms with Crippen molar-refractivity contribution in [1.82, 2.24) is 0 Å². The molecule has 0 bridgehead atoms. The lowest BCUT2D eigenvalue weighted by Crippen LogP contribution is -2.10. The van der Waals surface area contributed by atoms with Crippen LogP contribution in [-0.2, 0) is 4.84 Å². The van der Waals surface area contributed by atoms with Crippen molar-refractivity contribution >= 4 is 11.0 Å². The van der Waals surface area contributed by atoms with Crippen LogP contribution in [0.15, 0.2) is 34.9 Å². The molecule has 0 aliphatic carbocycles. The Bertz CT molecular complexity index is 410. The van der Waals surface area contributed by atoms with Crippen molar-refractivity contribution in [3.05, 3.63) is 30.5 Å². The van der Waals surface area contributed by atoms with Gasteiger partial charge >= 0.3 is 0 Å². The SMILES string of the molecule is NOCCOc1cccc2ccoc12. The van der Waals surface area contributed by atoms with Crippen LogP contribution in [0.25, 0.3) is 11.0 Å². The maximum absolute atomic E-state index is 5.42. The minimum absolute atomic E-state index is 0.358. The first-order chi connectivity index (χ1) is 6.92. The van der Waals surface area contributed by atoms with Gasteiger partial charge in [-0.2, -0.15) is 0 Å². The Kier molecular flexibility index (Phi) is 2.67. The number of furan rings is 1. The molecule has 0 aliphatic rings. The van der Waals surface area contributed by atoms with Crippen LogP contribution < -0.4 is 10.6 Å². The zero-order valence-electron chi connectivity index (χ0n) is 7.60. The summed E-state index contributed by atoms with van der Waals surface area (Å²) in [5.74, 6) is 5.59. The number of fused-ring (bicyclic) bond motifs is 1. The largest absolute Gasteiger partial charge is 0.487 e. The summed E-state index contributed by atoms with van der Waals surface area (Å²) in [4.78, 5) is 4.40. The summed E-state index contributed by atoms with van der Waals surface area (Å²) in [5, 5.41) is 1.02. The fourth-order valence-electron chi connectivity index (χ4n) is 1.28. The van der Waals surface area contributed by atoms with Gasteiger partial charge in [-0.15, -0.1) is 0 Å². The minimum Gasteiger partial charge on any atom is -0.487 e. The molecule has 4 nitrogen and oxygen atoms in total. The molecule has 0 saturated heterocycles. The molecular weight excluding hydrogens is 182 g/mol. The number of nitrogens with two attached hydrogens (primary N) is 1. The topological polar surface area (TPSA) is 57.6 Å². The van der Waals surface area contributed by atoms with Crippen LogP contribution in [0, 0.1) is 0 Å². The second-order valence-electron chi connectivity index (χ2n) is 2.81. The van der Waals surface area contributed by atoms with Gasteiger partial charge in [-0.3, -0.25) is 0 Å². The molecule has 0 radical (unpaired) electrons. The van der Waals surface area contributed by atoms with Crippen molar-refractivity contribution in [1.29, 1.82) is 0 Å². The molecule has 4 heteroatoms. The Morgan fingerprint density at radius 2 is 2.14 bits per heavy atom. The van der Waals surface area contributed by atoms with E-state index in [9.17, 15) is 0 Å². The first-order valence-electron chi connectivity index (χ1n) is 4.32. The minimum atomic E-state index is 0.358. The third kappa shape index (κ3) is 1.71. The van der Waals surface area contributed by atoms with Gasteiger partial charge < -0.3 is 14.0 Å². The molecule has 0 spiro atoms. The second-order valence-corrected chi connectivity index (χ2v) is 2.81. The molecule has 0 amide bonds. The van der Waals surface area contributed by atoms with Gasteiger partial charge in [0.05, 0.1) is 6.26 Å². The standard InChI is InChI=1S/C10H11NO3/c11-14-7-6-12-9-3-1-2-8-4-5-13-10(8)9/h1-5H,6-7,11H2. The molecule has 0 atom stereocenters. The number of hydrogen-bond acceptors (Lipinski definition) is 4. The zero-order valence-corrected chi connectivity index (χ0v) is 7.60. The van der Waals surface area contributed by atoms with Gasteiger partial charge in [0.1, 0.15) is 13.2 Å². The third-order valence-electron chi connectivity index (χ3n) is 1.90. The van der Waals surface area contributed by atoms with Crippen molar-refractivity contribution in [3.8, 4) is 5.75 Å². The van der Waals surface area contributed by atoms with Crippen molar-refractivity contribution in [2.45, 2.75) is 0 Å². The molecule has 0 aliphatic heterocycles. The Morgan fingerprint density at radius 3 is 3.00 bits per heavy atom. The highest BCUT2D eigenvalue weighted by molar-refractivity contribution is 5.82. The van der Waals surface area contributed by atoms with Gasteiger partial charge in [-0.05, 0) is 12.1 Å². The van der Waals surface area contributed by atoms with Crippen LogP contribution in [-0.4, -0.2) is 13.2 Å². The van der Waals surface area contributed by atoms with E-state index in [2.05, 4.69) is 4.84 Å². The van der Waals surface area contributed by atoms with Gasteiger partial charge in [0, 0.05) is 5.39 Å². The van der Waals surface area contributed by atoms with Gasteiger partial charge in [0.2, 0.25) is 0 Å². The fraction of sp³-hybridized carbons (Fsp3) is 0.200. The van der Waals surface area contributed by atoms with Gasteiger partial charge in [0.25, 0.3) is 0 Å². The molecule has 1 heterocycles. The summed E-state index contributed by atoms with van der Waals surface area (Å²) in [5.41, 5.74) is 0.754. The van der Waals surface area contributed by atoms with Crippen molar-refractivity contribution in [2.24, 2.45) is 5.90 Å². The highest BCUT2D eigenvalue weighted by atomic mass is 16.6. The van der Waals surface area contributed by atoms with Gasteiger partial charge in [0.15, 0.2) is 11.3 Å². The Balaban J connectivity index is 2.19. The van der Waals surface area contributed by atoms with Gasteiger partial charge in [-0.25, -0.2) is 5.90 Å². The molecule has 0 unspecified atom stereocenters. The average Bonchev–Trinajstić information content (AvgIpc) is 2.67. The average molecular weight is 193 g/mol. The normalized spacial score (nSPS) is 10.6. The summed E-state index contributed by atoms with van der Waals surface area (Å²) >= 11 is 0. The number of benzene rings is 1. The highest BCUT2D eigenvalue weighted by Gasteiger charge is 2.03. The summed E-state index contributed by atoms with van der Waals surface area (Å²) in [6.07, 6.45) is 1.64. The van der Waals surface area contributed by atoms with Crippen molar-refractivity contribution in [2.75, 3.05) is 13.2 Å². The van der Waals surface area contributed by atoms with Crippen LogP contribution in [0.2, 0.25) is 0 Å². The van der Waals surface area contributed by atoms with E-state index in [1.165, 1.54) is 0 Å². The number of hydrogen-bond donors (Lipinski definition) is 1. The van der Waals surface area contributed by atoms with E-state index in [0.717, 1.165) is 11.0 Å². The molecule has 74 valence electrons. The maximum atomic E-state index is 5.42. The lowest BCUT2D eigenvalue weighted by Gasteiger charge is -2.04. The third-order valence-corrected chi connectivity index (χ3v) is 1.90. The Hall–Kier alpha value is -1.52. The van der Waals surface area contributed by atoms with Crippen molar-refractivity contribution < 1.29 is 14.0 Å². The Morgan fingerprint density at radius 1 is 1.21 bits per heavy atom. The van der Waals surface area contributed by atoms with Crippen LogP contribution >= 0.6 is 0 Å². The second kappa shape index (κ2) is 4.13. The predicted molar refractivity (Wildman–Crippen MR) is 51.8 cm³/mol. The highest BCUT2D eigenvalue weighted by Crippen LogP contribution is 2.25. The number of ether oxygens (including phenoxy) is 1. The molecule has 0 saturated carbocycles. The predicted octanol–water partition coefficient (Wildman–Crippen LogP) is 1.70. The lowest BCUT2D eigenvalue weighted by molar-refractivity contribution is 0.102. The number of para-hydroxylation sites is 1. The van der Waals surface area contributed by atoms with Crippen LogP contribution in [0.3, 0.4) is 0 Å². The first kappa shape index (κ1) is 9.05. The molecular formula is C10H11NO3. The first-order valence-corrected chi connectivity index (χ1v) is 4.32. The monoisotopic (exact) mass is 193 g/mol. The van der Waals surface area contributed by atoms with E-state index < -0.39 is 0 Å². The summed E-state index contributed by atoms with van der Waals surface area (Å²) in [6.45, 7) is 0.771. The van der Waals surface area contributed by atoms with Gasteiger partial charge in [-0.1, -0.05) is 12.1 Å². The van der Waals surface area contributed by atoms with E-state index in [4.69, 9.17) is 15.1 Å². The molecule has 2 rings (SSSR count). The Labute approximate surface area is 81.2 Å². The van der Waals surface area contributed by atoms with E-state index >= 15 is 0 Å². The van der Waals surface area contributed by atoms with Crippen LogP contribution in [0.4, 0.5) is 0 Å². The van der Waals surface area contributed by atoms with E-state index in [1.807, 2.05) is 24.3 Å². The van der Waals surface area contributed by atoms with E-state index in [1.54, 1.807) is 6.26 Å². The molecule has 2 aromatic rings. The van der Waals surface area contributed by atoms with Crippen molar-refractivity contribution in [3.63, 3.8) is 0 Å². The van der Waals surface area contributed by atoms with E-state index in [-0.39, 0.29) is 0 Å². The molecule has 1 aromatic carbocycles. The zero-order chi connectivity index (χ0) is 9.80. The van der Waals surface area contributed by atoms with E-state index in [0.29, 0.717) is 19.0 Å². The van der Waals surface area contributed by atoms with Crippen LogP contribution in [0.5, 0.6) is 5.75 Å². The molecule has 1 aromatic heterocycles. The number of rotatable bonds is 4. The maximum Gasteiger partial charge on any atom is 0.175 e. The molecule has 2 N–H and O–H groups in total. The fourth-order valence-corrected chi connectivity index (χ4v) is 1.28. The smallest absolute Gasteiger partial charge is 0.175 e. The van der Waals surface area contributed by atoms with Crippen LogP contribution in [0.1, 0.15) is 0 Å². The summed E-state index contributed by atoms with van der Waals surface area (Å²) in [6, 6.07) is 7.62. The summed E-state index contributed by atoms with van der Waals surface area (Å²) in [7, 11) is 0. The lowest BCUT2D eigenvalue weighted by atomic mass is 10.2. The quantitative estimate of drug-likeness (QED) is 0.593. The molecule has 0 fully saturated rings.